The average Bonchev–Trinajstić information content (AvgIpc) is 2.37. The molecule has 0 saturated heterocycles. The van der Waals surface area contributed by atoms with Crippen molar-refractivity contribution in [2.75, 3.05) is 13.7 Å². The summed E-state index contributed by atoms with van der Waals surface area (Å²) in [6.45, 7) is 3.02. The van der Waals surface area contributed by atoms with Crippen molar-refractivity contribution in [2.45, 2.75) is 13.8 Å². The quantitative estimate of drug-likeness (QED) is 0.472. The molecular formula is C13H13FO5. The molecule has 0 unspecified atom stereocenters. The van der Waals surface area contributed by atoms with Gasteiger partial charge >= 0.3 is 11.9 Å². The predicted octanol–water partition coefficient (Wildman–Crippen LogP) is 1.67. The Morgan fingerprint density at radius 3 is 2.37 bits per heavy atom. The van der Waals surface area contributed by atoms with Crippen LogP contribution in [0.15, 0.2) is 12.1 Å². The van der Waals surface area contributed by atoms with Gasteiger partial charge in [0.2, 0.25) is 0 Å². The fraction of sp³-hybridized carbons (Fsp3) is 0.308. The molecule has 1 aromatic rings. The maximum absolute atomic E-state index is 13.7. The van der Waals surface area contributed by atoms with Gasteiger partial charge in [0.15, 0.2) is 0 Å². The molecule has 102 valence electrons. The molecule has 6 heteroatoms. The predicted molar refractivity (Wildman–Crippen MR) is 63.4 cm³/mol. The van der Waals surface area contributed by atoms with E-state index in [4.69, 9.17) is 0 Å². The molecule has 0 fully saturated rings. The molecule has 0 aliphatic rings. The Labute approximate surface area is 109 Å². The maximum Gasteiger partial charge on any atom is 0.379 e. The number of methoxy groups -OCH3 is 1. The fourth-order valence-corrected chi connectivity index (χ4v) is 1.48. The van der Waals surface area contributed by atoms with Gasteiger partial charge in [0, 0.05) is 0 Å². The van der Waals surface area contributed by atoms with E-state index in [-0.39, 0.29) is 12.2 Å². The average molecular weight is 268 g/mol. The first kappa shape index (κ1) is 14.8. The first-order chi connectivity index (χ1) is 8.92. The monoisotopic (exact) mass is 268 g/mol. The van der Waals surface area contributed by atoms with Gasteiger partial charge in [-0.2, -0.15) is 0 Å². The van der Waals surface area contributed by atoms with E-state index in [2.05, 4.69) is 9.47 Å². The lowest BCUT2D eigenvalue weighted by molar-refractivity contribution is -0.137. The highest BCUT2D eigenvalue weighted by Crippen LogP contribution is 2.17. The standard InChI is InChI=1S/C13H13FO5/c1-4-19-13(17)11(15)9-6-8(12(16)18-3)7(2)5-10(9)14/h5-6H,4H2,1-3H3. The van der Waals surface area contributed by atoms with Crippen molar-refractivity contribution >= 4 is 17.7 Å². The van der Waals surface area contributed by atoms with Gasteiger partial charge in [-0.15, -0.1) is 0 Å². The third kappa shape index (κ3) is 3.15. The zero-order chi connectivity index (χ0) is 14.6. The summed E-state index contributed by atoms with van der Waals surface area (Å²) >= 11 is 0. The summed E-state index contributed by atoms with van der Waals surface area (Å²) in [5.74, 6) is -3.90. The second kappa shape index (κ2) is 6.08. The third-order valence-corrected chi connectivity index (χ3v) is 2.42. The van der Waals surface area contributed by atoms with E-state index < -0.39 is 29.1 Å². The highest BCUT2D eigenvalue weighted by molar-refractivity contribution is 6.40. The van der Waals surface area contributed by atoms with Crippen LogP contribution in [0.4, 0.5) is 4.39 Å². The van der Waals surface area contributed by atoms with Crippen LogP contribution >= 0.6 is 0 Å². The molecule has 5 nitrogen and oxygen atoms in total. The summed E-state index contributed by atoms with van der Waals surface area (Å²) in [7, 11) is 1.16. The van der Waals surface area contributed by atoms with E-state index in [1.54, 1.807) is 0 Å². The van der Waals surface area contributed by atoms with Gasteiger partial charge in [-0.05, 0) is 31.5 Å². The molecule has 1 rings (SSSR count). The van der Waals surface area contributed by atoms with Crippen molar-refractivity contribution in [2.24, 2.45) is 0 Å². The minimum absolute atomic E-state index is 0.00190. The van der Waals surface area contributed by atoms with E-state index in [0.29, 0.717) is 5.56 Å². The van der Waals surface area contributed by atoms with Gasteiger partial charge < -0.3 is 9.47 Å². The van der Waals surface area contributed by atoms with Gasteiger partial charge in [-0.3, -0.25) is 4.79 Å². The Morgan fingerprint density at radius 2 is 1.84 bits per heavy atom. The molecule has 0 aromatic heterocycles. The number of carbonyl (C=O) groups excluding carboxylic acids is 3. The fourth-order valence-electron chi connectivity index (χ4n) is 1.48. The summed E-state index contributed by atoms with van der Waals surface area (Å²) in [6.07, 6.45) is 0. The van der Waals surface area contributed by atoms with Crippen LogP contribution in [0.5, 0.6) is 0 Å². The van der Waals surface area contributed by atoms with Gasteiger partial charge in [0.1, 0.15) is 5.82 Å². The molecule has 0 heterocycles. The number of benzene rings is 1. The number of ether oxygens (including phenoxy) is 2. The summed E-state index contributed by atoms with van der Waals surface area (Å²) in [5, 5.41) is 0. The zero-order valence-corrected chi connectivity index (χ0v) is 10.8. The summed E-state index contributed by atoms with van der Waals surface area (Å²) in [5.41, 5.74) is -0.175. The minimum atomic E-state index is -1.17. The zero-order valence-electron chi connectivity index (χ0n) is 10.8. The molecule has 0 aliphatic heterocycles. The lowest BCUT2D eigenvalue weighted by Gasteiger charge is -2.08. The van der Waals surface area contributed by atoms with Crippen molar-refractivity contribution in [3.8, 4) is 0 Å². The normalized spacial score (nSPS) is 9.89. The van der Waals surface area contributed by atoms with E-state index in [9.17, 15) is 18.8 Å². The second-order valence-electron chi connectivity index (χ2n) is 3.69. The number of esters is 2. The molecule has 0 radical (unpaired) electrons. The summed E-state index contributed by atoms with van der Waals surface area (Å²) in [4.78, 5) is 34.4. The van der Waals surface area contributed by atoms with Crippen LogP contribution in [0.25, 0.3) is 0 Å². The molecule has 0 saturated carbocycles. The van der Waals surface area contributed by atoms with Crippen LogP contribution in [0, 0.1) is 12.7 Å². The van der Waals surface area contributed by atoms with Crippen molar-refractivity contribution in [1.29, 1.82) is 0 Å². The van der Waals surface area contributed by atoms with E-state index in [1.807, 2.05) is 0 Å². The number of carbonyl (C=O) groups is 3. The van der Waals surface area contributed by atoms with Crippen LogP contribution in [0.3, 0.4) is 0 Å². The molecule has 0 aliphatic carbocycles. The van der Waals surface area contributed by atoms with Gasteiger partial charge in [-0.1, -0.05) is 0 Å². The number of halogens is 1. The molecule has 0 atom stereocenters. The van der Waals surface area contributed by atoms with Crippen molar-refractivity contribution in [1.82, 2.24) is 0 Å². The Kier molecular flexibility index (Phi) is 4.74. The molecular weight excluding hydrogens is 255 g/mol. The van der Waals surface area contributed by atoms with Crippen molar-refractivity contribution in [3.05, 3.63) is 34.6 Å². The van der Waals surface area contributed by atoms with Crippen molar-refractivity contribution < 1.29 is 28.2 Å². The van der Waals surface area contributed by atoms with E-state index in [0.717, 1.165) is 19.2 Å². The highest BCUT2D eigenvalue weighted by Gasteiger charge is 2.24. The van der Waals surface area contributed by atoms with Crippen molar-refractivity contribution in [3.63, 3.8) is 0 Å². The second-order valence-corrected chi connectivity index (χ2v) is 3.69. The van der Waals surface area contributed by atoms with Crippen LogP contribution in [0.2, 0.25) is 0 Å². The van der Waals surface area contributed by atoms with E-state index >= 15 is 0 Å². The van der Waals surface area contributed by atoms with Crippen LogP contribution in [-0.4, -0.2) is 31.4 Å². The lowest BCUT2D eigenvalue weighted by Crippen LogP contribution is -2.20. The highest BCUT2D eigenvalue weighted by atomic mass is 19.1. The first-order valence-corrected chi connectivity index (χ1v) is 5.52. The number of rotatable bonds is 4. The summed E-state index contributed by atoms with van der Waals surface area (Å²) < 4.78 is 22.7. The van der Waals surface area contributed by atoms with Gasteiger partial charge in [0.25, 0.3) is 5.78 Å². The SMILES string of the molecule is CCOC(=O)C(=O)c1cc(C(=O)OC)c(C)cc1F. The minimum Gasteiger partial charge on any atom is -0.465 e. The molecule has 0 N–H and O–H groups in total. The molecule has 19 heavy (non-hydrogen) atoms. The molecule has 0 amide bonds. The van der Waals surface area contributed by atoms with Crippen LogP contribution in [-0.2, 0) is 14.3 Å². The Morgan fingerprint density at radius 1 is 1.21 bits per heavy atom. The van der Waals surface area contributed by atoms with Gasteiger partial charge in [0.05, 0.1) is 24.8 Å². The number of Topliss-reactive ketones (excluding diaryl/α,β-unsaturated/α-hetero) is 1. The van der Waals surface area contributed by atoms with Crippen LogP contribution < -0.4 is 0 Å². The third-order valence-electron chi connectivity index (χ3n) is 2.42. The summed E-state index contributed by atoms with van der Waals surface area (Å²) in [6, 6.07) is 1.99. The maximum atomic E-state index is 13.7. The topological polar surface area (TPSA) is 69.7 Å². The number of hydrogen-bond donors (Lipinski definition) is 0. The number of ketones is 1. The Balaban J connectivity index is 3.25. The molecule has 0 spiro atoms. The number of aryl methyl sites for hydroxylation is 1. The van der Waals surface area contributed by atoms with E-state index in [1.165, 1.54) is 13.8 Å². The molecule has 1 aromatic carbocycles. The smallest absolute Gasteiger partial charge is 0.379 e. The number of hydrogen-bond acceptors (Lipinski definition) is 5. The van der Waals surface area contributed by atoms with Crippen LogP contribution in [0.1, 0.15) is 33.2 Å². The van der Waals surface area contributed by atoms with Gasteiger partial charge in [-0.25, -0.2) is 14.0 Å². The largest absolute Gasteiger partial charge is 0.465 e. The first-order valence-electron chi connectivity index (χ1n) is 5.52. The Hall–Kier alpha value is -2.24. The lowest BCUT2D eigenvalue weighted by atomic mass is 10.0. The molecule has 0 bridgehead atoms. The Bertz CT molecular complexity index is 536.